The second-order valence-corrected chi connectivity index (χ2v) is 4.79. The highest BCUT2D eigenvalue weighted by Gasteiger charge is 2.37. The molecule has 0 unspecified atom stereocenters. The van der Waals surface area contributed by atoms with Crippen molar-refractivity contribution in [1.82, 2.24) is 0 Å². The first kappa shape index (κ1) is 13.9. The first-order valence-electron chi connectivity index (χ1n) is 6.33. The smallest absolute Gasteiger partial charge is 0.298 e. The SMILES string of the molecule is O=C(Cc1ccccc1)OO[C@H]1CCCC(F)(F)C1. The van der Waals surface area contributed by atoms with E-state index in [1.807, 2.05) is 18.2 Å². The predicted molar refractivity (Wildman–Crippen MR) is 64.5 cm³/mol. The van der Waals surface area contributed by atoms with Gasteiger partial charge in [0.15, 0.2) is 0 Å². The summed E-state index contributed by atoms with van der Waals surface area (Å²) in [6.45, 7) is 0. The van der Waals surface area contributed by atoms with E-state index in [1.54, 1.807) is 12.1 Å². The monoisotopic (exact) mass is 270 g/mol. The molecule has 0 N–H and O–H groups in total. The zero-order chi connectivity index (χ0) is 13.7. The number of halogens is 2. The Balaban J connectivity index is 1.75. The molecule has 0 spiro atoms. The minimum Gasteiger partial charge on any atom is -0.298 e. The zero-order valence-electron chi connectivity index (χ0n) is 10.5. The van der Waals surface area contributed by atoms with Crippen molar-refractivity contribution in [3.8, 4) is 0 Å². The summed E-state index contributed by atoms with van der Waals surface area (Å²) in [6.07, 6.45) is -0.258. The van der Waals surface area contributed by atoms with Crippen molar-refractivity contribution < 1.29 is 23.4 Å². The van der Waals surface area contributed by atoms with Crippen LogP contribution in [0, 0.1) is 0 Å². The number of hydrogen-bond donors (Lipinski definition) is 0. The van der Waals surface area contributed by atoms with Gasteiger partial charge >= 0.3 is 5.97 Å². The lowest BCUT2D eigenvalue weighted by Crippen LogP contribution is -2.31. The Morgan fingerprint density at radius 2 is 2.05 bits per heavy atom. The number of carbonyl (C=O) groups is 1. The first-order valence-corrected chi connectivity index (χ1v) is 6.33. The van der Waals surface area contributed by atoms with E-state index < -0.39 is 18.0 Å². The van der Waals surface area contributed by atoms with Crippen molar-refractivity contribution in [2.24, 2.45) is 0 Å². The van der Waals surface area contributed by atoms with Gasteiger partial charge in [0, 0.05) is 12.8 Å². The van der Waals surface area contributed by atoms with Crippen molar-refractivity contribution in [1.29, 1.82) is 0 Å². The van der Waals surface area contributed by atoms with Gasteiger partial charge in [-0.3, -0.25) is 4.89 Å². The van der Waals surface area contributed by atoms with Crippen molar-refractivity contribution >= 4 is 5.97 Å². The van der Waals surface area contributed by atoms with E-state index in [0.29, 0.717) is 12.8 Å². The summed E-state index contributed by atoms with van der Waals surface area (Å²) in [5.74, 6) is -3.28. The molecule has 0 radical (unpaired) electrons. The molecule has 0 aromatic heterocycles. The fraction of sp³-hybridized carbons (Fsp3) is 0.500. The lowest BCUT2D eigenvalue weighted by atomic mass is 9.94. The summed E-state index contributed by atoms with van der Waals surface area (Å²) in [5.41, 5.74) is 0.796. The summed E-state index contributed by atoms with van der Waals surface area (Å²) in [7, 11) is 0. The molecule has 5 heteroatoms. The van der Waals surface area contributed by atoms with Crippen LogP contribution >= 0.6 is 0 Å². The van der Waals surface area contributed by atoms with Gasteiger partial charge in [-0.15, -0.1) is 0 Å². The fourth-order valence-corrected chi connectivity index (χ4v) is 2.12. The normalized spacial score (nSPS) is 21.9. The quantitative estimate of drug-likeness (QED) is 0.622. The highest BCUT2D eigenvalue weighted by Crippen LogP contribution is 2.34. The molecular formula is C14H16F2O3. The molecule has 19 heavy (non-hydrogen) atoms. The summed E-state index contributed by atoms with van der Waals surface area (Å²) in [5, 5.41) is 0. The molecule has 1 aliphatic carbocycles. The van der Waals surface area contributed by atoms with Crippen LogP contribution in [-0.2, 0) is 21.0 Å². The minimum atomic E-state index is -2.71. The van der Waals surface area contributed by atoms with Gasteiger partial charge in [0.25, 0.3) is 5.92 Å². The standard InChI is InChI=1S/C14H16F2O3/c15-14(16)8-4-7-12(10-14)18-19-13(17)9-11-5-2-1-3-6-11/h1-3,5-6,12H,4,7-10H2/t12-/m0/s1. The summed E-state index contributed by atoms with van der Waals surface area (Å²) in [4.78, 5) is 20.9. The molecule has 0 amide bonds. The molecule has 2 rings (SSSR count). The van der Waals surface area contributed by atoms with Crippen LogP contribution in [-0.4, -0.2) is 18.0 Å². The second kappa shape index (κ2) is 6.10. The molecule has 0 heterocycles. The highest BCUT2D eigenvalue weighted by molar-refractivity contribution is 5.71. The molecule has 0 saturated heterocycles. The van der Waals surface area contributed by atoms with Crippen molar-refractivity contribution in [2.45, 2.75) is 44.1 Å². The lowest BCUT2D eigenvalue weighted by Gasteiger charge is -2.27. The predicted octanol–water partition coefficient (Wildman–Crippen LogP) is 3.28. The summed E-state index contributed by atoms with van der Waals surface area (Å²) < 4.78 is 26.2. The van der Waals surface area contributed by atoms with Gasteiger partial charge in [-0.2, -0.15) is 4.89 Å². The van der Waals surface area contributed by atoms with Crippen molar-refractivity contribution in [3.05, 3.63) is 35.9 Å². The third-order valence-electron chi connectivity index (χ3n) is 3.06. The van der Waals surface area contributed by atoms with Crippen LogP contribution in [0.1, 0.15) is 31.2 Å². The van der Waals surface area contributed by atoms with E-state index in [4.69, 9.17) is 4.89 Å². The molecular weight excluding hydrogens is 254 g/mol. The Labute approximate surface area is 110 Å². The maximum atomic E-state index is 13.1. The Morgan fingerprint density at radius 1 is 1.32 bits per heavy atom. The largest absolute Gasteiger partial charge is 0.346 e. The van der Waals surface area contributed by atoms with Crippen molar-refractivity contribution in [3.63, 3.8) is 0 Å². The average Bonchev–Trinajstić information content (AvgIpc) is 2.36. The lowest BCUT2D eigenvalue weighted by molar-refractivity contribution is -0.311. The minimum absolute atomic E-state index is 0.0734. The van der Waals surface area contributed by atoms with Gasteiger partial charge in [0.2, 0.25) is 0 Å². The average molecular weight is 270 g/mol. The molecule has 104 valence electrons. The zero-order valence-corrected chi connectivity index (χ0v) is 10.5. The van der Waals surface area contributed by atoms with Gasteiger partial charge in [0.1, 0.15) is 6.10 Å². The van der Waals surface area contributed by atoms with Crippen LogP contribution in [0.2, 0.25) is 0 Å². The van der Waals surface area contributed by atoms with E-state index in [2.05, 4.69) is 4.89 Å². The van der Waals surface area contributed by atoms with Crippen LogP contribution in [0.15, 0.2) is 30.3 Å². The van der Waals surface area contributed by atoms with E-state index in [-0.39, 0.29) is 19.3 Å². The van der Waals surface area contributed by atoms with Gasteiger partial charge < -0.3 is 0 Å². The van der Waals surface area contributed by atoms with E-state index in [9.17, 15) is 13.6 Å². The second-order valence-electron chi connectivity index (χ2n) is 4.79. The Kier molecular flexibility index (Phi) is 4.47. The number of carbonyl (C=O) groups excluding carboxylic acids is 1. The molecule has 1 fully saturated rings. The van der Waals surface area contributed by atoms with Gasteiger partial charge in [-0.25, -0.2) is 13.6 Å². The topological polar surface area (TPSA) is 35.5 Å². The van der Waals surface area contributed by atoms with Crippen LogP contribution in [0.25, 0.3) is 0 Å². The van der Waals surface area contributed by atoms with Gasteiger partial charge in [0.05, 0.1) is 6.42 Å². The Bertz CT molecular complexity index is 420. The van der Waals surface area contributed by atoms with Crippen molar-refractivity contribution in [2.75, 3.05) is 0 Å². The van der Waals surface area contributed by atoms with E-state index in [0.717, 1.165) is 5.56 Å². The number of alkyl halides is 2. The van der Waals surface area contributed by atoms with E-state index in [1.165, 1.54) is 0 Å². The highest BCUT2D eigenvalue weighted by atomic mass is 19.3. The molecule has 0 bridgehead atoms. The number of rotatable bonds is 4. The van der Waals surface area contributed by atoms with Gasteiger partial charge in [-0.05, 0) is 18.4 Å². The van der Waals surface area contributed by atoms with Crippen LogP contribution in [0.5, 0.6) is 0 Å². The molecule has 1 atom stereocenters. The van der Waals surface area contributed by atoms with Crippen LogP contribution in [0.3, 0.4) is 0 Å². The number of benzene rings is 1. The summed E-state index contributed by atoms with van der Waals surface area (Å²) >= 11 is 0. The molecule has 0 aliphatic heterocycles. The molecule has 1 aromatic carbocycles. The van der Waals surface area contributed by atoms with E-state index >= 15 is 0 Å². The van der Waals surface area contributed by atoms with Crippen LogP contribution in [0.4, 0.5) is 8.78 Å². The Morgan fingerprint density at radius 3 is 2.74 bits per heavy atom. The Hall–Kier alpha value is -1.49. The molecule has 1 aromatic rings. The maximum absolute atomic E-state index is 13.1. The fourth-order valence-electron chi connectivity index (χ4n) is 2.12. The first-order chi connectivity index (χ1) is 9.05. The molecule has 1 aliphatic rings. The number of hydrogen-bond acceptors (Lipinski definition) is 3. The third-order valence-corrected chi connectivity index (χ3v) is 3.06. The summed E-state index contributed by atoms with van der Waals surface area (Å²) in [6, 6.07) is 9.04. The molecule has 1 saturated carbocycles. The maximum Gasteiger partial charge on any atom is 0.346 e. The van der Waals surface area contributed by atoms with Gasteiger partial charge in [-0.1, -0.05) is 30.3 Å². The third kappa shape index (κ3) is 4.59. The molecule has 3 nitrogen and oxygen atoms in total. The van der Waals surface area contributed by atoms with Crippen LogP contribution < -0.4 is 0 Å².